The van der Waals surface area contributed by atoms with Crippen LogP contribution >= 0.6 is 0 Å². The zero-order valence-electron chi connectivity index (χ0n) is 6.20. The van der Waals surface area contributed by atoms with E-state index < -0.39 is 10.1 Å². The number of hydrogen-bond donors (Lipinski definition) is 0. The van der Waals surface area contributed by atoms with Crippen LogP contribution in [0.15, 0.2) is 12.2 Å². The molecule has 0 spiro atoms. The van der Waals surface area contributed by atoms with Gasteiger partial charge in [0, 0.05) is 0 Å². The van der Waals surface area contributed by atoms with E-state index in [0.29, 0.717) is 0 Å². The lowest BCUT2D eigenvalue weighted by Crippen LogP contribution is -2.08. The molecule has 0 aliphatic rings. The molecular weight excluding hydrogens is 152 g/mol. The summed E-state index contributed by atoms with van der Waals surface area (Å²) in [6.07, 6.45) is 3.22. The maximum atomic E-state index is 10.7. The van der Waals surface area contributed by atoms with Crippen molar-refractivity contribution < 1.29 is 12.6 Å². The average molecular weight is 164 g/mol. The Hall–Kier alpha value is -0.350. The first-order valence-corrected chi connectivity index (χ1v) is 4.68. The van der Waals surface area contributed by atoms with E-state index in [0.717, 1.165) is 0 Å². The maximum absolute atomic E-state index is 10.7. The SMILES string of the molecule is CC=CCS(=O)(=O)OCC. The summed E-state index contributed by atoms with van der Waals surface area (Å²) in [5.41, 5.74) is 0. The van der Waals surface area contributed by atoms with Gasteiger partial charge in [-0.15, -0.1) is 0 Å². The smallest absolute Gasteiger partial charge is 0.270 e. The molecule has 0 bridgehead atoms. The Morgan fingerprint density at radius 2 is 2.10 bits per heavy atom. The molecule has 0 heterocycles. The summed E-state index contributed by atoms with van der Waals surface area (Å²) in [6.45, 7) is 3.62. The zero-order chi connectivity index (χ0) is 8.04. The molecule has 0 aromatic carbocycles. The second-order valence-electron chi connectivity index (χ2n) is 1.70. The van der Waals surface area contributed by atoms with E-state index in [1.807, 2.05) is 0 Å². The molecule has 0 N–H and O–H groups in total. The second kappa shape index (κ2) is 4.46. The largest absolute Gasteiger partial charge is 0.270 e. The van der Waals surface area contributed by atoms with Gasteiger partial charge in [0.1, 0.15) is 0 Å². The molecule has 0 rings (SSSR count). The molecule has 0 unspecified atom stereocenters. The molecule has 0 radical (unpaired) electrons. The third-order valence-corrected chi connectivity index (χ3v) is 2.03. The standard InChI is InChI=1S/C6H12O3S/c1-3-5-6-10(7,8)9-4-2/h3,5H,4,6H2,1-2H3. The van der Waals surface area contributed by atoms with E-state index in [4.69, 9.17) is 0 Å². The lowest BCUT2D eigenvalue weighted by Gasteiger charge is -1.97. The average Bonchev–Trinajstić information content (AvgIpc) is 1.84. The molecular formula is C6H12O3S. The lowest BCUT2D eigenvalue weighted by molar-refractivity contribution is 0.340. The Morgan fingerprint density at radius 1 is 1.50 bits per heavy atom. The van der Waals surface area contributed by atoms with Crippen molar-refractivity contribution in [3.8, 4) is 0 Å². The number of allylic oxidation sites excluding steroid dienone is 1. The van der Waals surface area contributed by atoms with E-state index in [2.05, 4.69) is 4.18 Å². The second-order valence-corrected chi connectivity index (χ2v) is 3.38. The Balaban J connectivity index is 3.89. The van der Waals surface area contributed by atoms with Crippen molar-refractivity contribution in [1.82, 2.24) is 0 Å². The molecule has 0 saturated heterocycles. The summed E-state index contributed by atoms with van der Waals surface area (Å²) < 4.78 is 25.9. The highest BCUT2D eigenvalue weighted by Crippen LogP contribution is 1.92. The van der Waals surface area contributed by atoms with Gasteiger partial charge in [0.15, 0.2) is 0 Å². The number of hydrogen-bond acceptors (Lipinski definition) is 3. The van der Waals surface area contributed by atoms with Crippen molar-refractivity contribution in [1.29, 1.82) is 0 Å². The van der Waals surface area contributed by atoms with Gasteiger partial charge in [0.25, 0.3) is 10.1 Å². The van der Waals surface area contributed by atoms with Gasteiger partial charge in [-0.25, -0.2) is 0 Å². The minimum Gasteiger partial charge on any atom is -0.270 e. The molecule has 0 saturated carbocycles. The topological polar surface area (TPSA) is 43.4 Å². The first kappa shape index (κ1) is 9.65. The van der Waals surface area contributed by atoms with Crippen LogP contribution in [-0.4, -0.2) is 20.8 Å². The summed E-state index contributed by atoms with van der Waals surface area (Å²) in [7, 11) is -3.28. The van der Waals surface area contributed by atoms with Crippen molar-refractivity contribution >= 4 is 10.1 Å². The zero-order valence-corrected chi connectivity index (χ0v) is 7.02. The van der Waals surface area contributed by atoms with E-state index in [1.54, 1.807) is 26.0 Å². The van der Waals surface area contributed by atoms with Crippen LogP contribution in [0.5, 0.6) is 0 Å². The normalized spacial score (nSPS) is 12.6. The van der Waals surface area contributed by atoms with Crippen LogP contribution in [-0.2, 0) is 14.3 Å². The molecule has 0 amide bonds. The lowest BCUT2D eigenvalue weighted by atomic mass is 10.6. The molecule has 3 nitrogen and oxygen atoms in total. The minimum atomic E-state index is -3.28. The molecule has 0 aromatic heterocycles. The van der Waals surface area contributed by atoms with Crippen LogP contribution in [0.1, 0.15) is 13.8 Å². The summed E-state index contributed by atoms with van der Waals surface area (Å²) >= 11 is 0. The fourth-order valence-corrected chi connectivity index (χ4v) is 1.33. The van der Waals surface area contributed by atoms with Gasteiger partial charge in [-0.05, 0) is 13.8 Å². The molecule has 0 aliphatic heterocycles. The summed E-state index contributed by atoms with van der Waals surface area (Å²) in [5, 5.41) is 0. The van der Waals surface area contributed by atoms with Gasteiger partial charge >= 0.3 is 0 Å². The van der Waals surface area contributed by atoms with Crippen LogP contribution in [0.2, 0.25) is 0 Å². The van der Waals surface area contributed by atoms with E-state index in [9.17, 15) is 8.42 Å². The molecule has 0 fully saturated rings. The van der Waals surface area contributed by atoms with Gasteiger partial charge < -0.3 is 0 Å². The van der Waals surface area contributed by atoms with Crippen molar-refractivity contribution in [2.24, 2.45) is 0 Å². The van der Waals surface area contributed by atoms with Crippen LogP contribution in [0.3, 0.4) is 0 Å². The Kier molecular flexibility index (Phi) is 4.31. The molecule has 0 aliphatic carbocycles. The van der Waals surface area contributed by atoms with Gasteiger partial charge in [0.05, 0.1) is 12.4 Å². The predicted molar refractivity (Wildman–Crippen MR) is 40.2 cm³/mol. The Bertz CT molecular complexity index is 191. The first-order valence-electron chi connectivity index (χ1n) is 3.10. The molecule has 0 atom stereocenters. The summed E-state index contributed by atoms with van der Waals surface area (Å²) in [4.78, 5) is 0. The van der Waals surface area contributed by atoms with E-state index in [-0.39, 0.29) is 12.4 Å². The quantitative estimate of drug-likeness (QED) is 0.458. The summed E-state index contributed by atoms with van der Waals surface area (Å²) in [6, 6.07) is 0. The molecule has 4 heteroatoms. The third-order valence-electron chi connectivity index (χ3n) is 0.833. The fourth-order valence-electron chi connectivity index (χ4n) is 0.442. The highest BCUT2D eigenvalue weighted by Gasteiger charge is 2.05. The van der Waals surface area contributed by atoms with Gasteiger partial charge in [-0.1, -0.05) is 12.2 Å². The van der Waals surface area contributed by atoms with E-state index in [1.165, 1.54) is 0 Å². The Morgan fingerprint density at radius 3 is 2.50 bits per heavy atom. The van der Waals surface area contributed by atoms with Crippen LogP contribution in [0.4, 0.5) is 0 Å². The highest BCUT2D eigenvalue weighted by atomic mass is 32.2. The first-order chi connectivity index (χ1) is 4.62. The summed E-state index contributed by atoms with van der Waals surface area (Å²) in [5.74, 6) is -0.0304. The Labute approximate surface area is 61.8 Å². The van der Waals surface area contributed by atoms with Crippen LogP contribution in [0.25, 0.3) is 0 Å². The van der Waals surface area contributed by atoms with Crippen molar-refractivity contribution in [2.75, 3.05) is 12.4 Å². The van der Waals surface area contributed by atoms with Gasteiger partial charge in [-0.2, -0.15) is 8.42 Å². The highest BCUT2D eigenvalue weighted by molar-refractivity contribution is 7.86. The van der Waals surface area contributed by atoms with Crippen LogP contribution < -0.4 is 0 Å². The molecule has 60 valence electrons. The number of rotatable bonds is 4. The predicted octanol–water partition coefficient (Wildman–Crippen LogP) is 0.929. The third kappa shape index (κ3) is 4.52. The van der Waals surface area contributed by atoms with Crippen molar-refractivity contribution in [2.45, 2.75) is 13.8 Å². The minimum absolute atomic E-state index is 0.0304. The fraction of sp³-hybridized carbons (Fsp3) is 0.667. The van der Waals surface area contributed by atoms with Crippen molar-refractivity contribution in [3.05, 3.63) is 12.2 Å². The molecule has 10 heavy (non-hydrogen) atoms. The van der Waals surface area contributed by atoms with Gasteiger partial charge in [-0.3, -0.25) is 4.18 Å². The molecule has 0 aromatic rings. The van der Waals surface area contributed by atoms with Gasteiger partial charge in [0.2, 0.25) is 0 Å². The maximum Gasteiger partial charge on any atom is 0.270 e. The van der Waals surface area contributed by atoms with Crippen LogP contribution in [0, 0.1) is 0 Å². The van der Waals surface area contributed by atoms with Crippen molar-refractivity contribution in [3.63, 3.8) is 0 Å². The van der Waals surface area contributed by atoms with E-state index >= 15 is 0 Å². The monoisotopic (exact) mass is 164 g/mol.